The lowest BCUT2D eigenvalue weighted by Crippen LogP contribution is -2.45. The average Bonchev–Trinajstić information content (AvgIpc) is 2.87. The highest BCUT2D eigenvalue weighted by Crippen LogP contribution is 2.28. The van der Waals surface area contributed by atoms with Crippen LogP contribution in [0.1, 0.15) is 44.7 Å². The molecule has 0 fully saturated rings. The predicted molar refractivity (Wildman–Crippen MR) is 92.1 cm³/mol. The normalized spacial score (nSPS) is 19.0. The summed E-state index contributed by atoms with van der Waals surface area (Å²) in [5, 5.41) is 0. The van der Waals surface area contributed by atoms with E-state index >= 15 is 0 Å². The van der Waals surface area contributed by atoms with Gasteiger partial charge in [-0.3, -0.25) is 19.3 Å². The van der Waals surface area contributed by atoms with Crippen LogP contribution in [0.2, 0.25) is 0 Å². The van der Waals surface area contributed by atoms with Crippen molar-refractivity contribution in [1.29, 1.82) is 0 Å². The third-order valence-corrected chi connectivity index (χ3v) is 4.97. The minimum Gasteiger partial charge on any atom is -0.336 e. The molecule has 126 valence electrons. The third kappa shape index (κ3) is 2.52. The molecule has 1 atom stereocenters. The highest BCUT2D eigenvalue weighted by Gasteiger charge is 2.37. The van der Waals surface area contributed by atoms with Gasteiger partial charge in [0.2, 0.25) is 5.91 Å². The van der Waals surface area contributed by atoms with Crippen molar-refractivity contribution >= 4 is 17.7 Å². The SMILES string of the molecule is CC1CN(C(=O)CN2C(=O)c3ccccc3C2=O)Cc2ccccc21. The monoisotopic (exact) mass is 334 g/mol. The van der Waals surface area contributed by atoms with Gasteiger partial charge in [0.1, 0.15) is 6.54 Å². The Kier molecular flexibility index (Phi) is 3.64. The molecule has 0 radical (unpaired) electrons. The van der Waals surface area contributed by atoms with Crippen LogP contribution in [-0.4, -0.2) is 40.6 Å². The number of hydrogen-bond donors (Lipinski definition) is 0. The van der Waals surface area contributed by atoms with E-state index in [0.717, 1.165) is 10.5 Å². The first-order chi connectivity index (χ1) is 12.1. The van der Waals surface area contributed by atoms with Crippen molar-refractivity contribution < 1.29 is 14.4 Å². The van der Waals surface area contributed by atoms with Crippen molar-refractivity contribution in [2.24, 2.45) is 0 Å². The average molecular weight is 334 g/mol. The van der Waals surface area contributed by atoms with Gasteiger partial charge in [-0.05, 0) is 29.2 Å². The van der Waals surface area contributed by atoms with Gasteiger partial charge in [-0.2, -0.15) is 0 Å². The van der Waals surface area contributed by atoms with Crippen molar-refractivity contribution in [2.45, 2.75) is 19.4 Å². The summed E-state index contributed by atoms with van der Waals surface area (Å²) in [5.41, 5.74) is 3.12. The molecule has 0 saturated heterocycles. The van der Waals surface area contributed by atoms with Crippen LogP contribution in [-0.2, 0) is 11.3 Å². The Morgan fingerprint density at radius 3 is 2.28 bits per heavy atom. The first kappa shape index (κ1) is 15.6. The quantitative estimate of drug-likeness (QED) is 0.793. The number of fused-ring (bicyclic) bond motifs is 2. The van der Waals surface area contributed by atoms with Gasteiger partial charge < -0.3 is 4.90 Å². The smallest absolute Gasteiger partial charge is 0.262 e. The van der Waals surface area contributed by atoms with Crippen LogP contribution in [0.15, 0.2) is 48.5 Å². The fourth-order valence-corrected chi connectivity index (χ4v) is 3.67. The molecule has 2 aliphatic heterocycles. The van der Waals surface area contributed by atoms with Crippen molar-refractivity contribution in [1.82, 2.24) is 9.80 Å². The standard InChI is InChI=1S/C20H18N2O3/c1-13-10-21(11-14-6-2-3-7-15(13)14)18(23)12-22-19(24)16-8-4-5-9-17(16)20(22)25/h2-9,13H,10-12H2,1H3. The van der Waals surface area contributed by atoms with Crippen molar-refractivity contribution in [2.75, 3.05) is 13.1 Å². The molecule has 4 rings (SSSR count). The molecule has 5 heteroatoms. The fraction of sp³-hybridized carbons (Fsp3) is 0.250. The molecule has 2 aromatic carbocycles. The molecule has 0 aliphatic carbocycles. The lowest BCUT2D eigenvalue weighted by atomic mass is 9.91. The summed E-state index contributed by atoms with van der Waals surface area (Å²) in [5.74, 6) is -0.745. The number of carbonyl (C=O) groups is 3. The number of rotatable bonds is 2. The topological polar surface area (TPSA) is 57.7 Å². The van der Waals surface area contributed by atoms with Crippen molar-refractivity contribution in [3.63, 3.8) is 0 Å². The number of imide groups is 1. The molecule has 5 nitrogen and oxygen atoms in total. The minimum absolute atomic E-state index is 0.198. The summed E-state index contributed by atoms with van der Waals surface area (Å²) in [7, 11) is 0. The molecule has 3 amide bonds. The maximum absolute atomic E-state index is 12.7. The van der Waals surface area contributed by atoms with E-state index in [0.29, 0.717) is 24.2 Å². The Labute approximate surface area is 145 Å². The lowest BCUT2D eigenvalue weighted by Gasteiger charge is -2.33. The van der Waals surface area contributed by atoms with Crippen molar-refractivity contribution in [3.05, 3.63) is 70.8 Å². The summed E-state index contributed by atoms with van der Waals surface area (Å²) < 4.78 is 0. The molecule has 2 aromatic rings. The van der Waals surface area contributed by atoms with E-state index < -0.39 is 0 Å². The summed E-state index contributed by atoms with van der Waals surface area (Å²) in [6.07, 6.45) is 0. The second kappa shape index (κ2) is 5.84. The Balaban J connectivity index is 1.52. The third-order valence-electron chi connectivity index (χ3n) is 4.97. The number of benzene rings is 2. The highest BCUT2D eigenvalue weighted by molar-refractivity contribution is 6.22. The van der Waals surface area contributed by atoms with E-state index in [9.17, 15) is 14.4 Å². The maximum Gasteiger partial charge on any atom is 0.262 e. The Hall–Kier alpha value is -2.95. The Bertz CT molecular complexity index is 855. The van der Waals surface area contributed by atoms with Crippen LogP contribution in [0.5, 0.6) is 0 Å². The zero-order chi connectivity index (χ0) is 17.6. The second-order valence-corrected chi connectivity index (χ2v) is 6.62. The van der Waals surface area contributed by atoms with Gasteiger partial charge in [0.05, 0.1) is 11.1 Å². The van der Waals surface area contributed by atoms with E-state index in [1.54, 1.807) is 29.2 Å². The van der Waals surface area contributed by atoms with Gasteiger partial charge in [0, 0.05) is 13.1 Å². The van der Waals surface area contributed by atoms with E-state index in [2.05, 4.69) is 13.0 Å². The Morgan fingerprint density at radius 2 is 1.60 bits per heavy atom. The molecule has 0 bridgehead atoms. The van der Waals surface area contributed by atoms with Gasteiger partial charge in [-0.25, -0.2) is 0 Å². The molecule has 0 saturated carbocycles. The molecule has 0 aromatic heterocycles. The van der Waals surface area contributed by atoms with Gasteiger partial charge >= 0.3 is 0 Å². The number of hydrogen-bond acceptors (Lipinski definition) is 3. The van der Waals surface area contributed by atoms with Gasteiger partial charge in [-0.15, -0.1) is 0 Å². The predicted octanol–water partition coefficient (Wildman–Crippen LogP) is 2.43. The van der Waals surface area contributed by atoms with Crippen molar-refractivity contribution in [3.8, 4) is 0 Å². The number of carbonyl (C=O) groups excluding carboxylic acids is 3. The second-order valence-electron chi connectivity index (χ2n) is 6.62. The maximum atomic E-state index is 12.7. The van der Waals surface area contributed by atoms with Gasteiger partial charge in [0.15, 0.2) is 0 Å². The lowest BCUT2D eigenvalue weighted by molar-refractivity contribution is -0.132. The van der Waals surface area contributed by atoms with Gasteiger partial charge in [0.25, 0.3) is 11.8 Å². The molecule has 0 spiro atoms. The van der Waals surface area contributed by atoms with Crippen LogP contribution in [0.4, 0.5) is 0 Å². The van der Waals surface area contributed by atoms with E-state index in [1.165, 1.54) is 5.56 Å². The first-order valence-corrected chi connectivity index (χ1v) is 8.37. The molecule has 2 aliphatic rings. The van der Waals surface area contributed by atoms with E-state index in [-0.39, 0.29) is 30.2 Å². The number of nitrogens with zero attached hydrogens (tertiary/aromatic N) is 2. The zero-order valence-electron chi connectivity index (χ0n) is 13.9. The zero-order valence-corrected chi connectivity index (χ0v) is 13.9. The molecular formula is C20H18N2O3. The molecular weight excluding hydrogens is 316 g/mol. The van der Waals surface area contributed by atoms with Crippen LogP contribution in [0, 0.1) is 0 Å². The summed E-state index contributed by atoms with van der Waals surface area (Å²) in [4.78, 5) is 40.4. The van der Waals surface area contributed by atoms with Crippen LogP contribution < -0.4 is 0 Å². The van der Waals surface area contributed by atoms with Gasteiger partial charge in [-0.1, -0.05) is 43.3 Å². The summed E-state index contributed by atoms with van der Waals surface area (Å²) in [6, 6.07) is 14.8. The van der Waals surface area contributed by atoms with Crippen LogP contribution in [0.25, 0.3) is 0 Å². The van der Waals surface area contributed by atoms with Crippen LogP contribution >= 0.6 is 0 Å². The fourth-order valence-electron chi connectivity index (χ4n) is 3.67. The van der Waals surface area contributed by atoms with E-state index in [4.69, 9.17) is 0 Å². The minimum atomic E-state index is -0.389. The first-order valence-electron chi connectivity index (χ1n) is 8.37. The largest absolute Gasteiger partial charge is 0.336 e. The van der Waals surface area contributed by atoms with Crippen LogP contribution in [0.3, 0.4) is 0 Å². The highest BCUT2D eigenvalue weighted by atomic mass is 16.2. The molecule has 2 heterocycles. The molecule has 25 heavy (non-hydrogen) atoms. The number of amides is 3. The molecule has 0 N–H and O–H groups in total. The summed E-state index contributed by atoms with van der Waals surface area (Å²) >= 11 is 0. The summed E-state index contributed by atoms with van der Waals surface area (Å²) in [6.45, 7) is 2.99. The van der Waals surface area contributed by atoms with E-state index in [1.807, 2.05) is 18.2 Å². The Morgan fingerprint density at radius 1 is 1.00 bits per heavy atom. The molecule has 1 unspecified atom stereocenters.